The second-order valence-electron chi connectivity index (χ2n) is 10.1. The molecule has 0 bridgehead atoms. The monoisotopic (exact) mass is 566 g/mol. The molecule has 3 aromatic rings. The maximum Gasteiger partial charge on any atom is 0.267 e. The highest BCUT2D eigenvalue weighted by atomic mass is 32.2. The van der Waals surface area contributed by atoms with E-state index in [0.29, 0.717) is 39.3 Å². The van der Waals surface area contributed by atoms with E-state index >= 15 is 0 Å². The Hall–Kier alpha value is -2.91. The van der Waals surface area contributed by atoms with Crippen molar-refractivity contribution in [1.82, 2.24) is 14.3 Å². The number of hydrogen-bond acceptors (Lipinski definition) is 7. The Kier molecular flexibility index (Phi) is 10.8. The number of amides is 1. The molecule has 1 saturated heterocycles. The number of thioether (sulfide) groups is 1. The highest BCUT2D eigenvalue weighted by Crippen LogP contribution is 2.33. The van der Waals surface area contributed by atoms with E-state index in [4.69, 9.17) is 16.6 Å². The largest absolute Gasteiger partial charge is 0.467 e. The van der Waals surface area contributed by atoms with E-state index in [9.17, 15) is 9.59 Å². The first-order valence-electron chi connectivity index (χ1n) is 14.0. The Morgan fingerprint density at radius 1 is 1.03 bits per heavy atom. The van der Waals surface area contributed by atoms with Crippen LogP contribution in [-0.4, -0.2) is 31.1 Å². The summed E-state index contributed by atoms with van der Waals surface area (Å²) in [6.07, 6.45) is 17.3. The van der Waals surface area contributed by atoms with E-state index in [1.807, 2.05) is 31.2 Å². The number of aryl methyl sites for hydroxylation is 1. The molecule has 39 heavy (non-hydrogen) atoms. The number of aromatic nitrogens is 2. The number of thiocarbonyl (C=S) groups is 1. The van der Waals surface area contributed by atoms with Gasteiger partial charge in [-0.1, -0.05) is 94.8 Å². The summed E-state index contributed by atoms with van der Waals surface area (Å²) in [6, 6.07) is 7.38. The molecule has 3 aromatic heterocycles. The summed E-state index contributed by atoms with van der Waals surface area (Å²) < 4.78 is 7.48. The van der Waals surface area contributed by atoms with Crippen molar-refractivity contribution in [3.8, 4) is 0 Å². The third-order valence-electron chi connectivity index (χ3n) is 6.90. The van der Waals surface area contributed by atoms with Crippen molar-refractivity contribution in [1.29, 1.82) is 0 Å². The molecule has 0 atom stereocenters. The molecular weight excluding hydrogens is 528 g/mol. The van der Waals surface area contributed by atoms with Crippen LogP contribution in [0.3, 0.4) is 0 Å². The zero-order valence-corrected chi connectivity index (χ0v) is 24.5. The third kappa shape index (κ3) is 7.82. The van der Waals surface area contributed by atoms with Crippen LogP contribution in [0.25, 0.3) is 11.7 Å². The van der Waals surface area contributed by atoms with E-state index in [1.54, 1.807) is 23.4 Å². The molecule has 0 unspecified atom stereocenters. The maximum absolute atomic E-state index is 13.5. The number of nitrogens with zero attached hydrogens (tertiary/aromatic N) is 3. The summed E-state index contributed by atoms with van der Waals surface area (Å²) in [5.41, 5.74) is 1.55. The number of nitrogens with one attached hydrogen (secondary N) is 1. The van der Waals surface area contributed by atoms with E-state index in [1.165, 1.54) is 67.5 Å². The van der Waals surface area contributed by atoms with Crippen molar-refractivity contribution >= 4 is 51.7 Å². The third-order valence-corrected chi connectivity index (χ3v) is 8.28. The molecule has 0 aromatic carbocycles. The Bertz CT molecular complexity index is 1360. The van der Waals surface area contributed by atoms with Gasteiger partial charge in [-0.05, 0) is 43.2 Å². The molecule has 0 radical (unpaired) electrons. The molecule has 208 valence electrons. The van der Waals surface area contributed by atoms with Crippen LogP contribution in [0.5, 0.6) is 0 Å². The van der Waals surface area contributed by atoms with E-state index in [-0.39, 0.29) is 11.5 Å². The van der Waals surface area contributed by atoms with Crippen molar-refractivity contribution in [2.75, 3.05) is 11.9 Å². The molecule has 0 saturated carbocycles. The zero-order chi connectivity index (χ0) is 27.6. The van der Waals surface area contributed by atoms with Crippen LogP contribution in [-0.2, 0) is 11.3 Å². The van der Waals surface area contributed by atoms with Crippen molar-refractivity contribution in [2.24, 2.45) is 0 Å². The van der Waals surface area contributed by atoms with Crippen molar-refractivity contribution in [3.05, 3.63) is 68.9 Å². The minimum absolute atomic E-state index is 0.147. The van der Waals surface area contributed by atoms with Crippen LogP contribution >= 0.6 is 24.0 Å². The van der Waals surface area contributed by atoms with Gasteiger partial charge in [0.15, 0.2) is 0 Å². The summed E-state index contributed by atoms with van der Waals surface area (Å²) in [6.45, 7) is 5.14. The number of carbonyl (C=O) groups is 1. The van der Waals surface area contributed by atoms with Crippen LogP contribution < -0.4 is 10.9 Å². The van der Waals surface area contributed by atoms with Crippen LogP contribution in [0.4, 0.5) is 5.82 Å². The summed E-state index contributed by atoms with van der Waals surface area (Å²) in [5.74, 6) is 0.974. The average molecular weight is 567 g/mol. The molecule has 1 N–H and O–H groups in total. The number of fused-ring (bicyclic) bond motifs is 1. The lowest BCUT2D eigenvalue weighted by Gasteiger charge is -2.14. The molecule has 1 fully saturated rings. The summed E-state index contributed by atoms with van der Waals surface area (Å²) in [5, 5.41) is 3.22. The predicted molar refractivity (Wildman–Crippen MR) is 164 cm³/mol. The molecule has 1 aliphatic heterocycles. The normalized spacial score (nSPS) is 14.7. The molecule has 0 aliphatic carbocycles. The molecule has 4 heterocycles. The van der Waals surface area contributed by atoms with Gasteiger partial charge in [0.05, 0.1) is 23.3 Å². The minimum Gasteiger partial charge on any atom is -0.467 e. The Balaban J connectivity index is 1.42. The number of furan rings is 1. The Morgan fingerprint density at radius 2 is 1.74 bits per heavy atom. The van der Waals surface area contributed by atoms with Crippen molar-refractivity contribution < 1.29 is 9.21 Å². The Morgan fingerprint density at radius 3 is 2.44 bits per heavy atom. The highest BCUT2D eigenvalue weighted by molar-refractivity contribution is 8.26. The SMILES string of the molecule is CCCCCCCCCCCCN1C(=O)C(=Cc2c(NCc3ccco3)nc3ccc(C)cn3c2=O)SC1=S. The lowest BCUT2D eigenvalue weighted by molar-refractivity contribution is -0.122. The fourth-order valence-electron chi connectivity index (χ4n) is 4.69. The van der Waals surface area contributed by atoms with Gasteiger partial charge in [0, 0.05) is 12.7 Å². The number of unbranched alkanes of at least 4 members (excludes halogenated alkanes) is 9. The molecule has 1 aliphatic rings. The second kappa shape index (κ2) is 14.5. The maximum atomic E-state index is 13.5. The van der Waals surface area contributed by atoms with E-state index in [2.05, 4.69) is 17.2 Å². The first-order chi connectivity index (χ1) is 19.0. The first kappa shape index (κ1) is 29.1. The number of anilines is 1. The highest BCUT2D eigenvalue weighted by Gasteiger charge is 2.32. The fourth-order valence-corrected chi connectivity index (χ4v) is 5.98. The van der Waals surface area contributed by atoms with Gasteiger partial charge in [-0.15, -0.1) is 0 Å². The smallest absolute Gasteiger partial charge is 0.267 e. The topological polar surface area (TPSA) is 79.8 Å². The number of rotatable bonds is 15. The molecule has 1 amide bonds. The molecule has 7 nitrogen and oxygen atoms in total. The van der Waals surface area contributed by atoms with Gasteiger partial charge in [-0.25, -0.2) is 4.98 Å². The number of carbonyl (C=O) groups excluding carboxylic acids is 1. The van der Waals surface area contributed by atoms with Gasteiger partial charge < -0.3 is 9.73 Å². The molecule has 4 rings (SSSR count). The Labute approximate surface area is 240 Å². The molecule has 0 spiro atoms. The molecular formula is C30H38N4O3S2. The lowest BCUT2D eigenvalue weighted by atomic mass is 10.1. The van der Waals surface area contributed by atoms with Crippen molar-refractivity contribution in [3.63, 3.8) is 0 Å². The lowest BCUT2D eigenvalue weighted by Crippen LogP contribution is -2.29. The van der Waals surface area contributed by atoms with Gasteiger partial charge in [-0.3, -0.25) is 18.9 Å². The van der Waals surface area contributed by atoms with Crippen LogP contribution in [0.1, 0.15) is 88.0 Å². The van der Waals surface area contributed by atoms with Crippen molar-refractivity contribution in [2.45, 2.75) is 84.6 Å². The van der Waals surface area contributed by atoms with Gasteiger partial charge in [0.25, 0.3) is 11.5 Å². The van der Waals surface area contributed by atoms with Gasteiger partial charge >= 0.3 is 0 Å². The van der Waals surface area contributed by atoms with E-state index in [0.717, 1.165) is 24.2 Å². The summed E-state index contributed by atoms with van der Waals surface area (Å²) in [7, 11) is 0. The minimum atomic E-state index is -0.245. The van der Waals surface area contributed by atoms with Crippen LogP contribution in [0.2, 0.25) is 0 Å². The number of hydrogen-bond donors (Lipinski definition) is 1. The summed E-state index contributed by atoms with van der Waals surface area (Å²) in [4.78, 5) is 33.6. The average Bonchev–Trinajstić information content (AvgIpc) is 3.54. The predicted octanol–water partition coefficient (Wildman–Crippen LogP) is 7.33. The fraction of sp³-hybridized carbons (Fsp3) is 0.467. The number of pyridine rings is 1. The standard InChI is InChI=1S/C30H38N4O3S2/c1-3-4-5-6-7-8-9-10-11-12-17-33-29(36)25(39-30(33)38)19-24-27(31-20-23-14-13-18-37-23)32-26-16-15-22(2)21-34(26)28(24)35/h13-16,18-19,21,31H,3-12,17,20H2,1-2H3. The molecule has 9 heteroatoms. The van der Waals surface area contributed by atoms with Gasteiger partial charge in [0.2, 0.25) is 0 Å². The van der Waals surface area contributed by atoms with Gasteiger partial charge in [-0.2, -0.15) is 0 Å². The first-order valence-corrected chi connectivity index (χ1v) is 15.2. The van der Waals surface area contributed by atoms with Crippen LogP contribution in [0.15, 0.2) is 50.8 Å². The van der Waals surface area contributed by atoms with Gasteiger partial charge in [0.1, 0.15) is 21.5 Å². The summed E-state index contributed by atoms with van der Waals surface area (Å²) >= 11 is 6.79. The quantitative estimate of drug-likeness (QED) is 0.117. The van der Waals surface area contributed by atoms with E-state index < -0.39 is 0 Å². The second-order valence-corrected chi connectivity index (χ2v) is 11.7. The van der Waals surface area contributed by atoms with Crippen LogP contribution in [0, 0.1) is 6.92 Å². The zero-order valence-electron chi connectivity index (χ0n) is 22.9.